The van der Waals surface area contributed by atoms with E-state index in [1.54, 1.807) is 21.9 Å². The second-order valence-electron chi connectivity index (χ2n) is 8.39. The van der Waals surface area contributed by atoms with Gasteiger partial charge in [-0.05, 0) is 42.7 Å². The number of aryl methyl sites for hydroxylation is 1. The Bertz CT molecular complexity index is 1140. The van der Waals surface area contributed by atoms with Crippen LogP contribution in [-0.2, 0) is 37.3 Å². The Balaban J connectivity index is 1.37. The van der Waals surface area contributed by atoms with Crippen molar-refractivity contribution >= 4 is 27.5 Å². The van der Waals surface area contributed by atoms with Gasteiger partial charge in [-0.3, -0.25) is 9.59 Å². The summed E-state index contributed by atoms with van der Waals surface area (Å²) in [6.45, 7) is 4.85. The molecule has 33 heavy (non-hydrogen) atoms. The number of carbonyl (C=O) groups excluding carboxylic acids is 2. The standard InChI is InChI=1S/C24H29N3O5S/c1-18-3-2-4-19(15-18)17-25-33(30,31)21-5-6-22-20(16-21)9-10-27(22)24(29)8-7-23(28)26-11-13-32-14-12-26/h2-6,15-16,25H,7-14,17H2,1H3. The number of hydrogen-bond acceptors (Lipinski definition) is 5. The van der Waals surface area contributed by atoms with E-state index in [2.05, 4.69) is 4.72 Å². The lowest BCUT2D eigenvalue weighted by Gasteiger charge is -2.27. The number of hydrogen-bond donors (Lipinski definition) is 1. The fraction of sp³-hybridized carbons (Fsp3) is 0.417. The molecule has 2 heterocycles. The van der Waals surface area contributed by atoms with Gasteiger partial charge in [-0.1, -0.05) is 29.8 Å². The molecule has 0 aromatic heterocycles. The van der Waals surface area contributed by atoms with E-state index in [9.17, 15) is 18.0 Å². The summed E-state index contributed by atoms with van der Waals surface area (Å²) in [5.74, 6) is -0.157. The number of amides is 2. The van der Waals surface area contributed by atoms with Crippen LogP contribution in [0.1, 0.15) is 29.5 Å². The molecule has 9 heteroatoms. The van der Waals surface area contributed by atoms with Gasteiger partial charge in [0.25, 0.3) is 0 Å². The van der Waals surface area contributed by atoms with E-state index in [0.717, 1.165) is 22.4 Å². The van der Waals surface area contributed by atoms with Crippen LogP contribution in [0.5, 0.6) is 0 Å². The number of sulfonamides is 1. The van der Waals surface area contributed by atoms with Gasteiger partial charge in [-0.25, -0.2) is 13.1 Å². The average Bonchev–Trinajstić information content (AvgIpc) is 3.25. The maximum atomic E-state index is 12.8. The number of carbonyl (C=O) groups is 2. The van der Waals surface area contributed by atoms with Crippen LogP contribution in [0, 0.1) is 6.92 Å². The number of ether oxygens (including phenoxy) is 1. The fourth-order valence-corrected chi connectivity index (χ4v) is 5.28. The highest BCUT2D eigenvalue weighted by molar-refractivity contribution is 7.89. The molecule has 8 nitrogen and oxygen atoms in total. The zero-order valence-electron chi connectivity index (χ0n) is 18.7. The molecule has 2 aliphatic rings. The largest absolute Gasteiger partial charge is 0.378 e. The lowest BCUT2D eigenvalue weighted by Crippen LogP contribution is -2.41. The third-order valence-electron chi connectivity index (χ3n) is 6.02. The predicted molar refractivity (Wildman–Crippen MR) is 124 cm³/mol. The first-order valence-corrected chi connectivity index (χ1v) is 12.7. The summed E-state index contributed by atoms with van der Waals surface area (Å²) in [4.78, 5) is 28.7. The Kier molecular flexibility index (Phi) is 7.11. The lowest BCUT2D eigenvalue weighted by atomic mass is 10.1. The molecule has 1 saturated heterocycles. The van der Waals surface area contributed by atoms with E-state index in [0.29, 0.717) is 39.3 Å². The van der Waals surface area contributed by atoms with Crippen molar-refractivity contribution in [2.75, 3.05) is 37.7 Å². The maximum Gasteiger partial charge on any atom is 0.240 e. The second-order valence-corrected chi connectivity index (χ2v) is 10.2. The van der Waals surface area contributed by atoms with Crippen LogP contribution in [0.4, 0.5) is 5.69 Å². The van der Waals surface area contributed by atoms with Crippen LogP contribution in [-0.4, -0.2) is 58.0 Å². The quantitative estimate of drug-likeness (QED) is 0.666. The van der Waals surface area contributed by atoms with Gasteiger partial charge in [-0.2, -0.15) is 0 Å². The van der Waals surface area contributed by atoms with Crippen molar-refractivity contribution < 1.29 is 22.7 Å². The first-order chi connectivity index (χ1) is 15.8. The zero-order chi connectivity index (χ0) is 23.4. The number of anilines is 1. The number of benzene rings is 2. The molecule has 2 aromatic rings. The van der Waals surface area contributed by atoms with Crippen molar-refractivity contribution in [1.29, 1.82) is 0 Å². The number of nitrogens with one attached hydrogen (secondary N) is 1. The summed E-state index contributed by atoms with van der Waals surface area (Å²) < 4.78 is 33.5. The van der Waals surface area contributed by atoms with Crippen LogP contribution in [0.15, 0.2) is 47.4 Å². The third kappa shape index (κ3) is 5.61. The van der Waals surface area contributed by atoms with Crippen molar-refractivity contribution in [3.63, 3.8) is 0 Å². The summed E-state index contributed by atoms with van der Waals surface area (Å²) in [6.07, 6.45) is 0.882. The van der Waals surface area contributed by atoms with Crippen molar-refractivity contribution in [2.24, 2.45) is 0 Å². The molecule has 0 spiro atoms. The van der Waals surface area contributed by atoms with E-state index >= 15 is 0 Å². The topological polar surface area (TPSA) is 96.0 Å². The second kappa shape index (κ2) is 10.0. The Labute approximate surface area is 194 Å². The van der Waals surface area contributed by atoms with Crippen LogP contribution >= 0.6 is 0 Å². The molecule has 0 bridgehead atoms. The molecule has 1 fully saturated rings. The van der Waals surface area contributed by atoms with Crippen LogP contribution in [0.25, 0.3) is 0 Å². The molecule has 2 aromatic carbocycles. The van der Waals surface area contributed by atoms with Gasteiger partial charge in [0.05, 0.1) is 18.1 Å². The average molecular weight is 472 g/mol. The van der Waals surface area contributed by atoms with Crippen molar-refractivity contribution in [2.45, 2.75) is 37.6 Å². The Morgan fingerprint density at radius 3 is 2.52 bits per heavy atom. The van der Waals surface area contributed by atoms with Gasteiger partial charge in [0.1, 0.15) is 0 Å². The van der Waals surface area contributed by atoms with Gasteiger partial charge in [-0.15, -0.1) is 0 Å². The molecule has 0 unspecified atom stereocenters. The van der Waals surface area contributed by atoms with Crippen molar-refractivity contribution in [3.8, 4) is 0 Å². The molecule has 2 aliphatic heterocycles. The molecule has 4 rings (SSSR count). The van der Waals surface area contributed by atoms with Gasteiger partial charge >= 0.3 is 0 Å². The minimum absolute atomic E-state index is 0.0350. The number of rotatable bonds is 7. The monoisotopic (exact) mass is 471 g/mol. The Morgan fingerprint density at radius 1 is 1.00 bits per heavy atom. The molecular formula is C24H29N3O5S. The summed E-state index contributed by atoms with van der Waals surface area (Å²) in [5.41, 5.74) is 3.50. The number of morpholine rings is 1. The molecular weight excluding hydrogens is 442 g/mol. The normalized spacial score (nSPS) is 16.0. The summed E-state index contributed by atoms with van der Waals surface area (Å²) >= 11 is 0. The highest BCUT2D eigenvalue weighted by Gasteiger charge is 2.27. The lowest BCUT2D eigenvalue weighted by molar-refractivity contribution is -0.136. The van der Waals surface area contributed by atoms with Gasteiger partial charge < -0.3 is 14.5 Å². The first-order valence-electron chi connectivity index (χ1n) is 11.2. The number of nitrogens with zero attached hydrogens (tertiary/aromatic N) is 2. The third-order valence-corrected chi connectivity index (χ3v) is 7.42. The summed E-state index contributed by atoms with van der Waals surface area (Å²) in [7, 11) is -3.68. The first kappa shape index (κ1) is 23.4. The predicted octanol–water partition coefficient (Wildman–Crippen LogP) is 2.00. The molecule has 0 radical (unpaired) electrons. The van der Waals surface area contributed by atoms with Gasteiger partial charge in [0.2, 0.25) is 21.8 Å². The van der Waals surface area contributed by atoms with Crippen LogP contribution in [0.3, 0.4) is 0 Å². The molecule has 1 N–H and O–H groups in total. The van der Waals surface area contributed by atoms with Crippen LogP contribution < -0.4 is 9.62 Å². The smallest absolute Gasteiger partial charge is 0.240 e. The SMILES string of the molecule is Cc1cccc(CNS(=O)(=O)c2ccc3c(c2)CCN3C(=O)CCC(=O)N2CCOCC2)c1. The van der Waals surface area contributed by atoms with E-state index in [4.69, 9.17) is 4.74 Å². The minimum atomic E-state index is -3.68. The number of fused-ring (bicyclic) bond motifs is 1. The van der Waals surface area contributed by atoms with Crippen molar-refractivity contribution in [1.82, 2.24) is 9.62 Å². The maximum absolute atomic E-state index is 12.8. The van der Waals surface area contributed by atoms with E-state index in [-0.39, 0.29) is 36.1 Å². The Hall–Kier alpha value is -2.75. The highest BCUT2D eigenvalue weighted by atomic mass is 32.2. The Morgan fingerprint density at radius 2 is 1.76 bits per heavy atom. The summed E-state index contributed by atoms with van der Waals surface area (Å²) in [6, 6.07) is 12.5. The summed E-state index contributed by atoms with van der Waals surface area (Å²) in [5, 5.41) is 0. The highest BCUT2D eigenvalue weighted by Crippen LogP contribution is 2.31. The van der Waals surface area contributed by atoms with Gasteiger partial charge in [0, 0.05) is 44.7 Å². The molecule has 0 atom stereocenters. The van der Waals surface area contributed by atoms with Crippen molar-refractivity contribution in [3.05, 3.63) is 59.2 Å². The molecule has 2 amide bonds. The minimum Gasteiger partial charge on any atom is -0.378 e. The van der Waals surface area contributed by atoms with Crippen LogP contribution in [0.2, 0.25) is 0 Å². The van der Waals surface area contributed by atoms with E-state index in [1.165, 1.54) is 6.07 Å². The van der Waals surface area contributed by atoms with E-state index in [1.807, 2.05) is 31.2 Å². The van der Waals surface area contributed by atoms with E-state index < -0.39 is 10.0 Å². The fourth-order valence-electron chi connectivity index (χ4n) is 4.21. The molecule has 0 aliphatic carbocycles. The zero-order valence-corrected chi connectivity index (χ0v) is 19.6. The van der Waals surface area contributed by atoms with Gasteiger partial charge in [0.15, 0.2) is 0 Å². The molecule has 176 valence electrons. The molecule has 0 saturated carbocycles.